The lowest BCUT2D eigenvalue weighted by molar-refractivity contribution is -0.118. The predicted octanol–water partition coefficient (Wildman–Crippen LogP) is 3.52. The molecule has 0 radical (unpaired) electrons. The molecule has 0 spiro atoms. The number of Topliss-reactive ketones (excluding diaryl/α,β-unsaturated/α-hetero) is 1. The van der Waals surface area contributed by atoms with E-state index in [1.807, 2.05) is 12.3 Å². The quantitative estimate of drug-likeness (QED) is 0.679. The normalized spacial score (nSPS) is 17.1. The Balaban J connectivity index is 1.36. The Hall–Kier alpha value is -3.03. The van der Waals surface area contributed by atoms with Gasteiger partial charge in [0, 0.05) is 25.7 Å². The molecule has 1 aromatic carbocycles. The lowest BCUT2D eigenvalue weighted by Gasteiger charge is -2.33. The van der Waals surface area contributed by atoms with Crippen LogP contribution in [0.3, 0.4) is 0 Å². The van der Waals surface area contributed by atoms with E-state index in [2.05, 4.69) is 25.2 Å². The third kappa shape index (κ3) is 3.81. The van der Waals surface area contributed by atoms with E-state index < -0.39 is 11.6 Å². The number of carbonyl (C=O) groups excluding carboxylic acids is 1. The molecule has 1 atom stereocenters. The van der Waals surface area contributed by atoms with Crippen molar-refractivity contribution in [2.24, 2.45) is 5.92 Å². The van der Waals surface area contributed by atoms with Crippen molar-refractivity contribution in [2.75, 3.05) is 29.9 Å². The Morgan fingerprint density at radius 3 is 3.07 bits per heavy atom. The van der Waals surface area contributed by atoms with E-state index in [0.29, 0.717) is 6.42 Å². The molecule has 2 N–H and O–H groups in total. The van der Waals surface area contributed by atoms with Crippen molar-refractivity contribution in [1.29, 1.82) is 0 Å². The Labute approximate surface area is 161 Å². The molecule has 0 unspecified atom stereocenters. The summed E-state index contributed by atoms with van der Waals surface area (Å²) in [5.41, 5.74) is 0.805. The third-order valence-corrected chi connectivity index (χ3v) is 5.10. The lowest BCUT2D eigenvalue weighted by atomic mass is 9.92. The molecule has 3 heterocycles. The lowest BCUT2D eigenvalue weighted by Crippen LogP contribution is -2.37. The van der Waals surface area contributed by atoms with Crippen LogP contribution in [0, 0.1) is 17.6 Å². The first-order chi connectivity index (χ1) is 13.6. The molecule has 1 fully saturated rings. The SMILES string of the molecule is O=C(CNc1cccc(F)c1F)C[C@@H]1CCCN(c2ncnc3[nH]ccc23)C1. The molecule has 1 aliphatic heterocycles. The molecule has 28 heavy (non-hydrogen) atoms. The summed E-state index contributed by atoms with van der Waals surface area (Å²) in [6.07, 6.45) is 5.70. The van der Waals surface area contributed by atoms with Crippen molar-refractivity contribution in [1.82, 2.24) is 15.0 Å². The van der Waals surface area contributed by atoms with E-state index in [1.54, 1.807) is 6.33 Å². The Bertz CT molecular complexity index is 990. The number of halogens is 2. The van der Waals surface area contributed by atoms with Gasteiger partial charge < -0.3 is 15.2 Å². The van der Waals surface area contributed by atoms with E-state index in [0.717, 1.165) is 48.8 Å². The van der Waals surface area contributed by atoms with E-state index in [1.165, 1.54) is 12.1 Å². The number of fused-ring (bicyclic) bond motifs is 1. The zero-order valence-corrected chi connectivity index (χ0v) is 15.3. The summed E-state index contributed by atoms with van der Waals surface area (Å²) < 4.78 is 26.9. The van der Waals surface area contributed by atoms with Crippen LogP contribution < -0.4 is 10.2 Å². The van der Waals surface area contributed by atoms with Gasteiger partial charge in [-0.25, -0.2) is 18.7 Å². The molecule has 0 aliphatic carbocycles. The monoisotopic (exact) mass is 385 g/mol. The van der Waals surface area contributed by atoms with Gasteiger partial charge in [-0.05, 0) is 37.0 Å². The third-order valence-electron chi connectivity index (χ3n) is 5.10. The Kier molecular flexibility index (Phi) is 5.18. The van der Waals surface area contributed by atoms with Gasteiger partial charge in [-0.3, -0.25) is 4.79 Å². The van der Waals surface area contributed by atoms with Crippen LogP contribution in [0.4, 0.5) is 20.3 Å². The van der Waals surface area contributed by atoms with Gasteiger partial charge >= 0.3 is 0 Å². The zero-order chi connectivity index (χ0) is 19.5. The highest BCUT2D eigenvalue weighted by Gasteiger charge is 2.24. The van der Waals surface area contributed by atoms with Gasteiger partial charge in [0.25, 0.3) is 0 Å². The van der Waals surface area contributed by atoms with Crippen molar-refractivity contribution in [3.05, 3.63) is 48.4 Å². The maximum Gasteiger partial charge on any atom is 0.181 e. The van der Waals surface area contributed by atoms with Crippen molar-refractivity contribution in [3.8, 4) is 0 Å². The Morgan fingerprint density at radius 2 is 2.18 bits per heavy atom. The highest BCUT2D eigenvalue weighted by atomic mass is 19.2. The molecule has 0 saturated carbocycles. The molecule has 8 heteroatoms. The maximum atomic E-state index is 13.7. The number of aromatic amines is 1. The molecule has 0 bridgehead atoms. The molecule has 1 aliphatic rings. The highest BCUT2D eigenvalue weighted by Crippen LogP contribution is 2.28. The number of carbonyl (C=O) groups is 1. The molecular weight excluding hydrogens is 364 g/mol. The predicted molar refractivity (Wildman–Crippen MR) is 103 cm³/mol. The fraction of sp³-hybridized carbons (Fsp3) is 0.350. The van der Waals surface area contributed by atoms with Crippen molar-refractivity contribution >= 4 is 28.3 Å². The maximum absolute atomic E-state index is 13.7. The van der Waals surface area contributed by atoms with Crippen LogP contribution >= 0.6 is 0 Å². The van der Waals surface area contributed by atoms with E-state index in [4.69, 9.17) is 0 Å². The number of nitrogens with one attached hydrogen (secondary N) is 2. The second-order valence-corrected chi connectivity index (χ2v) is 7.09. The first-order valence-corrected chi connectivity index (χ1v) is 9.34. The average molecular weight is 385 g/mol. The van der Waals surface area contributed by atoms with Crippen LogP contribution in [0.15, 0.2) is 36.8 Å². The second kappa shape index (κ2) is 7.92. The molecule has 3 aromatic rings. The van der Waals surface area contributed by atoms with Crippen LogP contribution in [-0.4, -0.2) is 40.4 Å². The van der Waals surface area contributed by atoms with Crippen molar-refractivity contribution in [3.63, 3.8) is 0 Å². The largest absolute Gasteiger partial charge is 0.376 e. The van der Waals surface area contributed by atoms with Gasteiger partial charge in [0.1, 0.15) is 17.8 Å². The summed E-state index contributed by atoms with van der Waals surface area (Å²) in [5.74, 6) is -0.836. The zero-order valence-electron chi connectivity index (χ0n) is 15.3. The minimum absolute atomic E-state index is 0.00876. The van der Waals surface area contributed by atoms with Gasteiger partial charge in [0.15, 0.2) is 17.4 Å². The van der Waals surface area contributed by atoms with Crippen molar-refractivity contribution in [2.45, 2.75) is 19.3 Å². The summed E-state index contributed by atoms with van der Waals surface area (Å²) in [7, 11) is 0. The molecule has 4 rings (SSSR count). The number of ketones is 1. The first-order valence-electron chi connectivity index (χ1n) is 9.34. The van der Waals surface area contributed by atoms with E-state index >= 15 is 0 Å². The second-order valence-electron chi connectivity index (χ2n) is 7.09. The van der Waals surface area contributed by atoms with E-state index in [-0.39, 0.29) is 23.9 Å². The van der Waals surface area contributed by atoms with E-state index in [9.17, 15) is 13.6 Å². The van der Waals surface area contributed by atoms with Crippen LogP contribution in [0.25, 0.3) is 11.0 Å². The van der Waals surface area contributed by atoms with Gasteiger partial charge in [-0.15, -0.1) is 0 Å². The summed E-state index contributed by atoms with van der Waals surface area (Å²) in [5, 5.41) is 3.67. The molecule has 1 saturated heterocycles. The number of hydrogen-bond donors (Lipinski definition) is 2. The minimum atomic E-state index is -0.960. The number of H-pyrrole nitrogens is 1. The number of hydrogen-bond acceptors (Lipinski definition) is 5. The number of benzene rings is 1. The number of nitrogens with zero attached hydrogens (tertiary/aromatic N) is 3. The fourth-order valence-corrected chi connectivity index (χ4v) is 3.76. The van der Waals surface area contributed by atoms with Gasteiger partial charge in [0.05, 0.1) is 17.6 Å². The van der Waals surface area contributed by atoms with Gasteiger partial charge in [-0.2, -0.15) is 0 Å². The smallest absolute Gasteiger partial charge is 0.181 e. The van der Waals surface area contributed by atoms with Gasteiger partial charge in [-0.1, -0.05) is 6.07 Å². The average Bonchev–Trinajstić information content (AvgIpc) is 3.18. The highest BCUT2D eigenvalue weighted by molar-refractivity contribution is 5.87. The number of aromatic nitrogens is 3. The van der Waals surface area contributed by atoms with Crippen LogP contribution in [-0.2, 0) is 4.79 Å². The molecule has 146 valence electrons. The summed E-state index contributed by atoms with van der Waals surface area (Å²) in [6.45, 7) is 1.60. The van der Waals surface area contributed by atoms with Gasteiger partial charge in [0.2, 0.25) is 0 Å². The summed E-state index contributed by atoms with van der Waals surface area (Å²) in [6, 6.07) is 5.84. The summed E-state index contributed by atoms with van der Waals surface area (Å²) in [4.78, 5) is 26.3. The molecule has 2 aromatic heterocycles. The topological polar surface area (TPSA) is 73.9 Å². The van der Waals surface area contributed by atoms with Crippen LogP contribution in [0.5, 0.6) is 0 Å². The number of rotatable bonds is 6. The van der Waals surface area contributed by atoms with Crippen molar-refractivity contribution < 1.29 is 13.6 Å². The fourth-order valence-electron chi connectivity index (χ4n) is 3.76. The molecule has 0 amide bonds. The Morgan fingerprint density at radius 1 is 1.29 bits per heavy atom. The minimum Gasteiger partial charge on any atom is -0.376 e. The molecular formula is C20H21F2N5O. The first kappa shape index (κ1) is 18.3. The summed E-state index contributed by atoms with van der Waals surface area (Å²) >= 11 is 0. The molecule has 6 nitrogen and oxygen atoms in total. The van der Waals surface area contributed by atoms with Crippen LogP contribution in [0.2, 0.25) is 0 Å². The van der Waals surface area contributed by atoms with Crippen LogP contribution in [0.1, 0.15) is 19.3 Å². The number of piperidine rings is 1. The standard InChI is InChI=1S/C20H21F2N5O/c21-16-4-1-5-17(18(16)22)24-10-14(28)9-13-3-2-8-27(11-13)20-15-6-7-23-19(15)25-12-26-20/h1,4-7,12-13,24H,2-3,8-11H2,(H,23,25,26)/t13-/m0/s1. The number of anilines is 2.